The number of carbonyl (C=O) groups is 3. The summed E-state index contributed by atoms with van der Waals surface area (Å²) in [7, 11) is 0. The summed E-state index contributed by atoms with van der Waals surface area (Å²) in [6.07, 6.45) is 1.36. The summed E-state index contributed by atoms with van der Waals surface area (Å²) in [5.41, 5.74) is 7.20. The smallest absolute Gasteiger partial charge is 0.338 e. The van der Waals surface area contributed by atoms with Gasteiger partial charge in [-0.1, -0.05) is 11.2 Å². The number of esters is 1. The molecule has 0 radical (unpaired) electrons. The molecule has 9 nitrogen and oxygen atoms in total. The molecule has 1 atom stereocenters. The number of hydrogen-bond donors (Lipinski definition) is 1. The minimum absolute atomic E-state index is 0.258. The Kier molecular flexibility index (Phi) is 6.71. The zero-order valence-corrected chi connectivity index (χ0v) is 17.1. The van der Waals surface area contributed by atoms with Gasteiger partial charge in [-0.25, -0.2) is 4.79 Å². The lowest BCUT2D eigenvalue weighted by atomic mass is 9.97. The quantitative estimate of drug-likeness (QED) is 0.683. The highest BCUT2D eigenvalue weighted by molar-refractivity contribution is 5.91. The lowest BCUT2D eigenvalue weighted by molar-refractivity contribution is -0.137. The Morgan fingerprint density at radius 1 is 1.30 bits per heavy atom. The Hall–Kier alpha value is -3.36. The maximum atomic E-state index is 12.4. The molecule has 160 valence electrons. The van der Waals surface area contributed by atoms with Crippen LogP contribution in [-0.2, 0) is 20.9 Å². The van der Waals surface area contributed by atoms with Crippen LogP contribution in [0.15, 0.2) is 28.8 Å². The maximum absolute atomic E-state index is 12.4. The fourth-order valence-corrected chi connectivity index (χ4v) is 3.31. The SMILES string of the molecule is Cc1noc(C)c1COc1cccc(C(=O)OCC(=O)N2CCC[C@@H](C(N)=O)C2)c1. The molecule has 0 unspecified atom stereocenters. The third-order valence-electron chi connectivity index (χ3n) is 5.14. The van der Waals surface area contributed by atoms with Gasteiger partial charge in [0.25, 0.3) is 5.91 Å². The van der Waals surface area contributed by atoms with Crippen molar-refractivity contribution >= 4 is 17.8 Å². The Morgan fingerprint density at radius 2 is 2.10 bits per heavy atom. The van der Waals surface area contributed by atoms with Gasteiger partial charge in [0.05, 0.1) is 22.7 Å². The van der Waals surface area contributed by atoms with Crippen LogP contribution >= 0.6 is 0 Å². The molecule has 0 saturated carbocycles. The molecule has 2 heterocycles. The van der Waals surface area contributed by atoms with E-state index in [0.717, 1.165) is 11.3 Å². The van der Waals surface area contributed by atoms with Crippen molar-refractivity contribution in [1.82, 2.24) is 10.1 Å². The van der Waals surface area contributed by atoms with E-state index < -0.39 is 18.5 Å². The minimum Gasteiger partial charge on any atom is -0.489 e. The molecule has 30 heavy (non-hydrogen) atoms. The number of primary amides is 1. The van der Waals surface area contributed by atoms with Crippen molar-refractivity contribution in [3.05, 3.63) is 46.8 Å². The number of likely N-dealkylation sites (tertiary alicyclic amines) is 1. The van der Waals surface area contributed by atoms with Gasteiger partial charge in [-0.15, -0.1) is 0 Å². The molecule has 3 rings (SSSR count). The first-order valence-electron chi connectivity index (χ1n) is 9.74. The van der Waals surface area contributed by atoms with Gasteiger partial charge in [0.1, 0.15) is 18.1 Å². The summed E-state index contributed by atoms with van der Waals surface area (Å²) in [5, 5.41) is 3.88. The van der Waals surface area contributed by atoms with Crippen molar-refractivity contribution in [3.63, 3.8) is 0 Å². The molecule has 1 aromatic heterocycles. The molecular weight excluding hydrogens is 390 g/mol. The molecule has 1 aromatic carbocycles. The van der Waals surface area contributed by atoms with Gasteiger partial charge < -0.3 is 24.6 Å². The van der Waals surface area contributed by atoms with Crippen LogP contribution in [0.25, 0.3) is 0 Å². The van der Waals surface area contributed by atoms with Crippen molar-refractivity contribution in [1.29, 1.82) is 0 Å². The van der Waals surface area contributed by atoms with Crippen LogP contribution in [0.1, 0.15) is 40.2 Å². The van der Waals surface area contributed by atoms with E-state index in [9.17, 15) is 14.4 Å². The normalized spacial score (nSPS) is 16.2. The number of aryl methyl sites for hydroxylation is 2. The van der Waals surface area contributed by atoms with Crippen LogP contribution in [0, 0.1) is 19.8 Å². The second-order valence-electron chi connectivity index (χ2n) is 7.28. The second kappa shape index (κ2) is 9.43. The number of nitrogens with two attached hydrogens (primary N) is 1. The average Bonchev–Trinajstić information content (AvgIpc) is 3.07. The number of piperidine rings is 1. The molecule has 0 spiro atoms. The average molecular weight is 415 g/mol. The Labute approximate surface area is 174 Å². The molecule has 1 fully saturated rings. The predicted molar refractivity (Wildman–Crippen MR) is 106 cm³/mol. The summed E-state index contributed by atoms with van der Waals surface area (Å²) in [4.78, 5) is 37.5. The molecular formula is C21H25N3O6. The van der Waals surface area contributed by atoms with E-state index >= 15 is 0 Å². The highest BCUT2D eigenvalue weighted by atomic mass is 16.5. The summed E-state index contributed by atoms with van der Waals surface area (Å²) >= 11 is 0. The molecule has 1 saturated heterocycles. The van der Waals surface area contributed by atoms with Gasteiger partial charge in [-0.3, -0.25) is 9.59 Å². The van der Waals surface area contributed by atoms with Crippen molar-refractivity contribution in [2.24, 2.45) is 11.7 Å². The standard InChI is InChI=1S/C21H25N3O6/c1-13-18(14(2)30-23-13)11-28-17-7-3-5-15(9-17)21(27)29-12-19(25)24-8-4-6-16(10-24)20(22)26/h3,5,7,9,16H,4,6,8,10-12H2,1-2H3,(H2,22,26)/t16-/m1/s1. The largest absolute Gasteiger partial charge is 0.489 e. The van der Waals surface area contributed by atoms with Crippen molar-refractivity contribution in [3.8, 4) is 5.75 Å². The van der Waals surface area contributed by atoms with Gasteiger partial charge in [0, 0.05) is 13.1 Å². The topological polar surface area (TPSA) is 125 Å². The van der Waals surface area contributed by atoms with Crippen LogP contribution in [0.3, 0.4) is 0 Å². The zero-order valence-electron chi connectivity index (χ0n) is 17.1. The summed E-state index contributed by atoms with van der Waals surface area (Å²) < 4.78 is 16.0. The molecule has 1 aliphatic rings. The van der Waals surface area contributed by atoms with Gasteiger partial charge in [0.2, 0.25) is 5.91 Å². The highest BCUT2D eigenvalue weighted by Gasteiger charge is 2.27. The monoisotopic (exact) mass is 415 g/mol. The number of ether oxygens (including phenoxy) is 2. The van der Waals surface area contributed by atoms with Crippen LogP contribution in [0.4, 0.5) is 0 Å². The van der Waals surface area contributed by atoms with Crippen LogP contribution in [0.5, 0.6) is 5.75 Å². The molecule has 2 aromatic rings. The Bertz CT molecular complexity index is 919. The first-order chi connectivity index (χ1) is 14.3. The van der Waals surface area contributed by atoms with E-state index in [1.165, 1.54) is 4.90 Å². The van der Waals surface area contributed by atoms with E-state index in [2.05, 4.69) is 5.16 Å². The first-order valence-corrected chi connectivity index (χ1v) is 9.74. The number of benzene rings is 1. The van der Waals surface area contributed by atoms with E-state index in [0.29, 0.717) is 30.9 Å². The molecule has 0 bridgehead atoms. The third-order valence-corrected chi connectivity index (χ3v) is 5.14. The number of rotatable bonds is 7. The third kappa shape index (κ3) is 5.16. The van der Waals surface area contributed by atoms with Gasteiger partial charge in [-0.2, -0.15) is 0 Å². The lowest BCUT2D eigenvalue weighted by Gasteiger charge is -2.31. The Morgan fingerprint density at radius 3 is 2.80 bits per heavy atom. The number of nitrogens with zero attached hydrogens (tertiary/aromatic N) is 2. The van der Waals surface area contributed by atoms with E-state index in [4.69, 9.17) is 19.7 Å². The van der Waals surface area contributed by atoms with Gasteiger partial charge in [-0.05, 0) is 44.9 Å². The van der Waals surface area contributed by atoms with Crippen molar-refractivity contribution < 1.29 is 28.4 Å². The summed E-state index contributed by atoms with van der Waals surface area (Å²) in [5.74, 6) is -0.591. The first kappa shape index (κ1) is 21.4. The van der Waals surface area contributed by atoms with Crippen LogP contribution in [0.2, 0.25) is 0 Å². The van der Waals surface area contributed by atoms with Crippen molar-refractivity contribution in [2.45, 2.75) is 33.3 Å². The summed E-state index contributed by atoms with van der Waals surface area (Å²) in [6, 6.07) is 6.52. The molecule has 2 amide bonds. The lowest BCUT2D eigenvalue weighted by Crippen LogP contribution is -2.45. The Balaban J connectivity index is 1.53. The molecule has 9 heteroatoms. The van der Waals surface area contributed by atoms with Crippen LogP contribution in [-0.4, -0.2) is 47.5 Å². The van der Waals surface area contributed by atoms with Crippen molar-refractivity contribution in [2.75, 3.05) is 19.7 Å². The van der Waals surface area contributed by atoms with E-state index in [1.54, 1.807) is 31.2 Å². The highest BCUT2D eigenvalue weighted by Crippen LogP contribution is 2.19. The number of amides is 2. The van der Waals surface area contributed by atoms with Crippen LogP contribution < -0.4 is 10.5 Å². The maximum Gasteiger partial charge on any atom is 0.338 e. The van der Waals surface area contributed by atoms with E-state index in [-0.39, 0.29) is 30.5 Å². The predicted octanol–water partition coefficient (Wildman–Crippen LogP) is 1.75. The molecule has 1 aliphatic heterocycles. The van der Waals surface area contributed by atoms with Gasteiger partial charge in [0.15, 0.2) is 6.61 Å². The van der Waals surface area contributed by atoms with Gasteiger partial charge >= 0.3 is 5.97 Å². The zero-order chi connectivity index (χ0) is 21.7. The fourth-order valence-electron chi connectivity index (χ4n) is 3.31. The fraction of sp³-hybridized carbons (Fsp3) is 0.429. The molecule has 2 N–H and O–H groups in total. The number of hydrogen-bond acceptors (Lipinski definition) is 7. The second-order valence-corrected chi connectivity index (χ2v) is 7.28. The van der Waals surface area contributed by atoms with E-state index in [1.807, 2.05) is 6.92 Å². The minimum atomic E-state index is -0.630. The molecule has 0 aliphatic carbocycles. The number of carbonyl (C=O) groups excluding carboxylic acids is 3. The summed E-state index contributed by atoms with van der Waals surface area (Å²) in [6.45, 7) is 4.27. The number of aromatic nitrogens is 1.